The Labute approximate surface area is 132 Å². The van der Waals surface area contributed by atoms with E-state index in [4.69, 9.17) is 28.3 Å². The van der Waals surface area contributed by atoms with Crippen molar-refractivity contribution >= 4 is 40.8 Å². The van der Waals surface area contributed by atoms with Crippen molar-refractivity contribution in [3.63, 3.8) is 0 Å². The maximum atomic E-state index is 11.9. The molecule has 1 aliphatic rings. The molecule has 1 amide bonds. The third-order valence-corrected chi connectivity index (χ3v) is 4.14. The van der Waals surface area contributed by atoms with Crippen LogP contribution in [0.3, 0.4) is 0 Å². The molecule has 1 unspecified atom stereocenters. The van der Waals surface area contributed by atoms with Crippen LogP contribution in [0.15, 0.2) is 18.2 Å². The molecule has 2 N–H and O–H groups in total. The molecule has 1 aliphatic heterocycles. The van der Waals surface area contributed by atoms with E-state index in [1.54, 1.807) is 18.2 Å². The monoisotopic (exact) mass is 330 g/mol. The molecule has 21 heavy (non-hydrogen) atoms. The van der Waals surface area contributed by atoms with Crippen LogP contribution in [0, 0.1) is 5.92 Å². The van der Waals surface area contributed by atoms with Gasteiger partial charge in [0, 0.05) is 18.7 Å². The Morgan fingerprint density at radius 2 is 2.10 bits per heavy atom. The van der Waals surface area contributed by atoms with Crippen molar-refractivity contribution in [3.8, 4) is 0 Å². The number of amides is 1. The first-order valence-electron chi connectivity index (χ1n) is 6.63. The molecule has 0 spiro atoms. The molecule has 0 saturated carbocycles. The van der Waals surface area contributed by atoms with E-state index in [-0.39, 0.29) is 24.8 Å². The predicted molar refractivity (Wildman–Crippen MR) is 81.9 cm³/mol. The first-order valence-corrected chi connectivity index (χ1v) is 7.38. The second-order valence-electron chi connectivity index (χ2n) is 5.16. The first-order chi connectivity index (χ1) is 9.94. The van der Waals surface area contributed by atoms with Crippen LogP contribution >= 0.6 is 23.2 Å². The lowest BCUT2D eigenvalue weighted by atomic mass is 10.1. The molecule has 2 rings (SSSR count). The van der Waals surface area contributed by atoms with Crippen LogP contribution in [0.4, 0.5) is 5.69 Å². The number of nitrogens with one attached hydrogen (secondary N) is 1. The molecule has 1 aromatic carbocycles. The second kappa shape index (κ2) is 7.11. The van der Waals surface area contributed by atoms with Crippen LogP contribution < -0.4 is 5.32 Å². The minimum Gasteiger partial charge on any atom is -0.481 e. The fraction of sp³-hybridized carbons (Fsp3) is 0.429. The third kappa shape index (κ3) is 4.88. The summed E-state index contributed by atoms with van der Waals surface area (Å²) < 4.78 is 0. The van der Waals surface area contributed by atoms with E-state index in [1.807, 2.05) is 4.90 Å². The number of benzene rings is 1. The van der Waals surface area contributed by atoms with Gasteiger partial charge >= 0.3 is 5.97 Å². The van der Waals surface area contributed by atoms with Crippen molar-refractivity contribution in [1.82, 2.24) is 4.90 Å². The molecule has 1 saturated heterocycles. The van der Waals surface area contributed by atoms with Gasteiger partial charge in [-0.25, -0.2) is 0 Å². The Morgan fingerprint density at radius 3 is 2.76 bits per heavy atom. The van der Waals surface area contributed by atoms with Crippen molar-refractivity contribution in [2.75, 3.05) is 25.0 Å². The maximum absolute atomic E-state index is 11.9. The van der Waals surface area contributed by atoms with E-state index < -0.39 is 5.97 Å². The lowest BCUT2D eigenvalue weighted by Crippen LogP contribution is -2.31. The number of hydrogen-bond acceptors (Lipinski definition) is 3. The van der Waals surface area contributed by atoms with Gasteiger partial charge in [0.25, 0.3) is 0 Å². The van der Waals surface area contributed by atoms with E-state index in [1.165, 1.54) is 0 Å². The van der Waals surface area contributed by atoms with Crippen molar-refractivity contribution in [1.29, 1.82) is 0 Å². The summed E-state index contributed by atoms with van der Waals surface area (Å²) in [6.07, 6.45) is 0.970. The van der Waals surface area contributed by atoms with Crippen LogP contribution in [0.2, 0.25) is 10.0 Å². The zero-order chi connectivity index (χ0) is 15.4. The minimum absolute atomic E-state index is 0.125. The van der Waals surface area contributed by atoms with Crippen molar-refractivity contribution in [2.45, 2.75) is 12.8 Å². The van der Waals surface area contributed by atoms with Gasteiger partial charge in [-0.2, -0.15) is 0 Å². The summed E-state index contributed by atoms with van der Waals surface area (Å²) in [5.41, 5.74) is 0.593. The zero-order valence-electron chi connectivity index (χ0n) is 11.3. The van der Waals surface area contributed by atoms with Crippen LogP contribution in [0.25, 0.3) is 0 Å². The maximum Gasteiger partial charge on any atom is 0.303 e. The minimum atomic E-state index is -0.790. The molecule has 1 fully saturated rings. The van der Waals surface area contributed by atoms with Gasteiger partial charge in [0.1, 0.15) is 0 Å². The van der Waals surface area contributed by atoms with Gasteiger partial charge in [-0.15, -0.1) is 0 Å². The number of aliphatic carboxylic acids is 1. The number of carboxylic acid groups (broad SMARTS) is 1. The molecule has 0 bridgehead atoms. The lowest BCUT2D eigenvalue weighted by molar-refractivity contribution is -0.138. The molecule has 1 aromatic rings. The largest absolute Gasteiger partial charge is 0.481 e. The second-order valence-corrected chi connectivity index (χ2v) is 5.98. The van der Waals surface area contributed by atoms with Gasteiger partial charge in [0.05, 0.1) is 16.6 Å². The molecular weight excluding hydrogens is 315 g/mol. The first kappa shape index (κ1) is 16.1. The summed E-state index contributed by atoms with van der Waals surface area (Å²) in [7, 11) is 0. The molecule has 1 atom stereocenters. The number of carbonyl (C=O) groups excluding carboxylic acids is 1. The summed E-state index contributed by atoms with van der Waals surface area (Å²) in [4.78, 5) is 24.6. The Hall–Kier alpha value is -1.30. The molecule has 0 aromatic heterocycles. The number of carbonyl (C=O) groups is 2. The highest BCUT2D eigenvalue weighted by Gasteiger charge is 2.25. The number of nitrogens with zero attached hydrogens (tertiary/aromatic N) is 1. The van der Waals surface area contributed by atoms with Crippen molar-refractivity contribution < 1.29 is 14.7 Å². The highest BCUT2D eigenvalue weighted by molar-refractivity contribution is 6.42. The number of likely N-dealkylation sites (tertiary alicyclic amines) is 1. The number of rotatable bonds is 5. The molecular formula is C14H16Cl2N2O3. The van der Waals surface area contributed by atoms with Crippen LogP contribution in [0.5, 0.6) is 0 Å². The zero-order valence-corrected chi connectivity index (χ0v) is 12.8. The standard InChI is InChI=1S/C14H16Cl2N2O3/c15-11-2-1-10(6-12(11)16)17-13(19)8-18-4-3-9(7-18)5-14(20)21/h1-2,6,9H,3-5,7-8H2,(H,17,19)(H,20,21). The number of anilines is 1. The van der Waals surface area contributed by atoms with Gasteiger partial charge in [-0.3, -0.25) is 14.5 Å². The highest BCUT2D eigenvalue weighted by atomic mass is 35.5. The summed E-state index contributed by atoms with van der Waals surface area (Å²) in [5.74, 6) is -0.813. The van der Waals surface area contributed by atoms with E-state index in [9.17, 15) is 9.59 Å². The quantitative estimate of drug-likeness (QED) is 0.870. The average molecular weight is 331 g/mol. The fourth-order valence-corrected chi connectivity index (χ4v) is 2.75. The van der Waals surface area contributed by atoms with Crippen LogP contribution in [-0.2, 0) is 9.59 Å². The molecule has 1 heterocycles. The van der Waals surface area contributed by atoms with Crippen LogP contribution in [0.1, 0.15) is 12.8 Å². The van der Waals surface area contributed by atoms with Crippen molar-refractivity contribution in [2.24, 2.45) is 5.92 Å². The SMILES string of the molecule is O=C(O)CC1CCN(CC(=O)Nc2ccc(Cl)c(Cl)c2)C1. The van der Waals surface area contributed by atoms with Crippen molar-refractivity contribution in [3.05, 3.63) is 28.2 Å². The summed E-state index contributed by atoms with van der Waals surface area (Å²) in [5, 5.41) is 12.3. The number of halogens is 2. The summed E-state index contributed by atoms with van der Waals surface area (Å²) in [6.45, 7) is 1.63. The molecule has 114 valence electrons. The van der Waals surface area contributed by atoms with E-state index in [0.717, 1.165) is 13.0 Å². The third-order valence-electron chi connectivity index (χ3n) is 3.40. The topological polar surface area (TPSA) is 69.6 Å². The van der Waals surface area contributed by atoms with Gasteiger partial charge in [0.2, 0.25) is 5.91 Å². The van der Waals surface area contributed by atoms with E-state index >= 15 is 0 Å². The Morgan fingerprint density at radius 1 is 1.33 bits per heavy atom. The van der Waals surface area contributed by atoms with Crippen LogP contribution in [-0.4, -0.2) is 41.5 Å². The van der Waals surface area contributed by atoms with Gasteiger partial charge < -0.3 is 10.4 Å². The Kier molecular flexibility index (Phi) is 5.45. The Bertz CT molecular complexity index is 551. The summed E-state index contributed by atoms with van der Waals surface area (Å²) in [6, 6.07) is 4.90. The van der Waals surface area contributed by atoms with E-state index in [0.29, 0.717) is 22.3 Å². The normalized spacial score (nSPS) is 18.7. The smallest absolute Gasteiger partial charge is 0.303 e. The number of hydrogen-bond donors (Lipinski definition) is 2. The highest BCUT2D eigenvalue weighted by Crippen LogP contribution is 2.25. The molecule has 0 radical (unpaired) electrons. The lowest BCUT2D eigenvalue weighted by Gasteiger charge is -2.15. The predicted octanol–water partition coefficient (Wildman–Crippen LogP) is 2.73. The molecule has 5 nitrogen and oxygen atoms in total. The fourth-order valence-electron chi connectivity index (χ4n) is 2.45. The molecule has 7 heteroatoms. The summed E-state index contributed by atoms with van der Waals surface area (Å²) >= 11 is 11.7. The van der Waals surface area contributed by atoms with Gasteiger partial charge in [0.15, 0.2) is 0 Å². The Balaban J connectivity index is 1.82. The number of carboxylic acids is 1. The molecule has 0 aliphatic carbocycles. The van der Waals surface area contributed by atoms with E-state index in [2.05, 4.69) is 5.32 Å². The average Bonchev–Trinajstić information content (AvgIpc) is 2.80. The van der Waals surface area contributed by atoms with Gasteiger partial charge in [-0.1, -0.05) is 23.2 Å². The van der Waals surface area contributed by atoms with Gasteiger partial charge in [-0.05, 0) is 37.1 Å².